The van der Waals surface area contributed by atoms with Crippen molar-refractivity contribution in [1.82, 2.24) is 0 Å². The van der Waals surface area contributed by atoms with Gasteiger partial charge in [-0.25, -0.2) is 0 Å². The summed E-state index contributed by atoms with van der Waals surface area (Å²) in [5.74, 6) is -0.311. The van der Waals surface area contributed by atoms with Gasteiger partial charge in [0.15, 0.2) is 0 Å². The van der Waals surface area contributed by atoms with Gasteiger partial charge < -0.3 is 20.6 Å². The van der Waals surface area contributed by atoms with E-state index in [2.05, 4.69) is 4.52 Å². The Labute approximate surface area is 72.5 Å². The molecule has 0 aliphatic rings. The monoisotopic (exact) mass is 181 g/mol. The fraction of sp³-hybridized carbons (Fsp3) is 0. The fourth-order valence-electron chi connectivity index (χ4n) is 1.17. The number of fused-ring (bicyclic) bond motifs is 1. The predicted octanol–water partition coefficient (Wildman–Crippen LogP) is -0.0638. The molecule has 0 saturated carbocycles. The molecule has 5 N–H and O–H groups in total. The molecule has 0 unspecified atom stereocenters. The van der Waals surface area contributed by atoms with Crippen molar-refractivity contribution < 1.29 is 14.5 Å². The number of aromatic hydroxyl groups is 1. The third-order valence-corrected chi connectivity index (χ3v) is 1.80. The molecule has 2 aromatic rings. The molecule has 0 atom stereocenters. The third-order valence-electron chi connectivity index (χ3n) is 1.80. The van der Waals surface area contributed by atoms with Crippen molar-refractivity contribution in [3.63, 3.8) is 0 Å². The third kappa shape index (κ3) is 0.851. The van der Waals surface area contributed by atoms with Crippen LogP contribution >= 0.6 is 0 Å². The second kappa shape index (κ2) is 2.19. The van der Waals surface area contributed by atoms with Crippen LogP contribution in [0.1, 0.15) is 0 Å². The van der Waals surface area contributed by atoms with E-state index >= 15 is 0 Å². The Morgan fingerprint density at radius 1 is 1.38 bits per heavy atom. The summed E-state index contributed by atoms with van der Waals surface area (Å²) in [6, 6.07) is 2.78. The summed E-state index contributed by atoms with van der Waals surface area (Å²) in [7, 11) is 0. The lowest BCUT2D eigenvalue weighted by Crippen LogP contribution is -2.26. The zero-order valence-corrected chi connectivity index (χ0v) is 6.52. The van der Waals surface area contributed by atoms with E-state index in [0.29, 0.717) is 5.69 Å². The minimum atomic E-state index is -0.162. The van der Waals surface area contributed by atoms with Crippen LogP contribution in [0.5, 0.6) is 5.75 Å². The van der Waals surface area contributed by atoms with E-state index in [1.165, 1.54) is 12.1 Å². The summed E-state index contributed by atoms with van der Waals surface area (Å²) >= 11 is 0. The molecular weight excluding hydrogens is 174 g/mol. The Balaban J connectivity index is 3.00. The van der Waals surface area contributed by atoms with E-state index in [0.717, 1.165) is 0 Å². The molecule has 6 nitrogen and oxygen atoms in total. The number of hydrogen-bond donors (Lipinski definition) is 3. The number of phenols is 1. The smallest absolute Gasteiger partial charge is 0.324 e. The second-order valence-electron chi connectivity index (χ2n) is 2.61. The number of rotatable bonds is 0. The Morgan fingerprint density at radius 2 is 2.08 bits per heavy atom. The van der Waals surface area contributed by atoms with Crippen molar-refractivity contribution in [2.75, 3.05) is 11.5 Å². The lowest BCUT2D eigenvalue weighted by molar-refractivity contribution is -0.776. The molecule has 0 aliphatic heterocycles. The molecule has 0 radical (unpaired) electrons. The van der Waals surface area contributed by atoms with Gasteiger partial charge in [-0.05, 0) is 17.0 Å². The molecule has 2 rings (SSSR count). The average Bonchev–Trinajstić information content (AvgIpc) is 2.38. The van der Waals surface area contributed by atoms with Crippen LogP contribution in [0.25, 0.3) is 11.0 Å². The van der Waals surface area contributed by atoms with E-state index in [1.54, 1.807) is 0 Å². The van der Waals surface area contributed by atoms with E-state index in [9.17, 15) is 10.3 Å². The van der Waals surface area contributed by atoms with Gasteiger partial charge in [0.1, 0.15) is 16.7 Å². The normalized spacial score (nSPS) is 10.8. The van der Waals surface area contributed by atoms with Crippen LogP contribution in [-0.2, 0) is 0 Å². The summed E-state index contributed by atoms with van der Waals surface area (Å²) < 4.78 is 4.62. The number of nitrogens with zero attached hydrogens (tertiary/aromatic N) is 1. The molecular formula is C7H7N3O3. The van der Waals surface area contributed by atoms with Crippen LogP contribution in [-0.4, -0.2) is 5.11 Å². The van der Waals surface area contributed by atoms with Crippen LogP contribution in [0.15, 0.2) is 16.7 Å². The zero-order valence-electron chi connectivity index (χ0n) is 6.52. The highest BCUT2D eigenvalue weighted by Gasteiger charge is 2.15. The molecule has 0 saturated heterocycles. The first-order valence-electron chi connectivity index (χ1n) is 3.50. The van der Waals surface area contributed by atoms with Gasteiger partial charge in [-0.1, -0.05) is 0 Å². The lowest BCUT2D eigenvalue weighted by atomic mass is 10.2. The number of benzene rings is 1. The van der Waals surface area contributed by atoms with E-state index in [4.69, 9.17) is 11.5 Å². The molecule has 0 amide bonds. The maximum Gasteiger partial charge on any atom is 0.324 e. The Hall–Kier alpha value is -2.11. The molecule has 0 spiro atoms. The first-order valence-corrected chi connectivity index (χ1v) is 3.50. The van der Waals surface area contributed by atoms with Crippen molar-refractivity contribution in [1.29, 1.82) is 0 Å². The molecule has 0 aliphatic carbocycles. The zero-order chi connectivity index (χ0) is 9.59. The van der Waals surface area contributed by atoms with Gasteiger partial charge in [0.25, 0.3) is 0 Å². The van der Waals surface area contributed by atoms with Crippen LogP contribution in [0.4, 0.5) is 11.5 Å². The second-order valence-corrected chi connectivity index (χ2v) is 2.61. The van der Waals surface area contributed by atoms with Gasteiger partial charge >= 0.3 is 5.82 Å². The minimum Gasteiger partial charge on any atom is -0.507 e. The number of anilines is 2. The van der Waals surface area contributed by atoms with Crippen molar-refractivity contribution in [3.05, 3.63) is 17.3 Å². The lowest BCUT2D eigenvalue weighted by Gasteiger charge is -1.96. The Kier molecular flexibility index (Phi) is 1.27. The van der Waals surface area contributed by atoms with Crippen molar-refractivity contribution in [2.45, 2.75) is 0 Å². The van der Waals surface area contributed by atoms with Gasteiger partial charge in [-0.2, -0.15) is 0 Å². The minimum absolute atomic E-state index is 0.00694. The van der Waals surface area contributed by atoms with Crippen LogP contribution in [0.3, 0.4) is 0 Å². The first kappa shape index (κ1) is 7.53. The maximum absolute atomic E-state index is 10.9. The number of hydrogen-bond acceptors (Lipinski definition) is 5. The summed E-state index contributed by atoms with van der Waals surface area (Å²) in [6.07, 6.45) is 0. The van der Waals surface area contributed by atoms with Crippen molar-refractivity contribution in [2.24, 2.45) is 0 Å². The molecule has 13 heavy (non-hydrogen) atoms. The van der Waals surface area contributed by atoms with Gasteiger partial charge in [0.2, 0.25) is 0 Å². The van der Waals surface area contributed by atoms with Crippen LogP contribution in [0, 0.1) is 5.21 Å². The quantitative estimate of drug-likeness (QED) is 0.299. The van der Waals surface area contributed by atoms with Gasteiger partial charge in [0, 0.05) is 5.69 Å². The Morgan fingerprint density at radius 3 is 2.69 bits per heavy atom. The molecule has 6 heteroatoms. The summed E-state index contributed by atoms with van der Waals surface area (Å²) in [5.41, 5.74) is 11.2. The SMILES string of the molecule is Nc1ccc(O)c2o[n+]([O-])c(N)c12. The number of aromatic nitrogens is 1. The molecule has 0 bridgehead atoms. The standard InChI is InChI=1S/C7H7N3O3/c8-3-1-2-4(11)6-5(3)7(9)10(12)13-6/h1-2,11H,8-9H2. The number of nitrogen functional groups attached to an aromatic ring is 2. The van der Waals surface area contributed by atoms with Gasteiger partial charge in [-0.3, -0.25) is 5.73 Å². The molecule has 1 heterocycles. The Bertz CT molecular complexity index is 477. The molecule has 1 aromatic carbocycles. The van der Waals surface area contributed by atoms with Crippen LogP contribution < -0.4 is 16.4 Å². The summed E-state index contributed by atoms with van der Waals surface area (Å²) in [5, 5.41) is 20.4. The highest BCUT2D eigenvalue weighted by atomic mass is 16.7. The van der Waals surface area contributed by atoms with E-state index in [1.807, 2.05) is 0 Å². The number of nitrogens with two attached hydrogens (primary N) is 2. The average molecular weight is 181 g/mol. The van der Waals surface area contributed by atoms with E-state index in [-0.39, 0.29) is 27.4 Å². The molecule has 68 valence electrons. The summed E-state index contributed by atoms with van der Waals surface area (Å²) in [6.45, 7) is 0. The summed E-state index contributed by atoms with van der Waals surface area (Å²) in [4.78, 5) is 0.112. The fourth-order valence-corrected chi connectivity index (χ4v) is 1.17. The maximum atomic E-state index is 10.9. The van der Waals surface area contributed by atoms with Gasteiger partial charge in [-0.15, -0.1) is 0 Å². The largest absolute Gasteiger partial charge is 0.507 e. The molecule has 0 fully saturated rings. The number of phenolic OH excluding ortho intramolecular Hbond substituents is 1. The molecule has 1 aromatic heterocycles. The van der Waals surface area contributed by atoms with Crippen LogP contribution in [0.2, 0.25) is 0 Å². The topological polar surface area (TPSA) is 112 Å². The predicted molar refractivity (Wildman–Crippen MR) is 45.7 cm³/mol. The van der Waals surface area contributed by atoms with E-state index < -0.39 is 0 Å². The van der Waals surface area contributed by atoms with Crippen molar-refractivity contribution >= 4 is 22.5 Å². The highest BCUT2D eigenvalue weighted by molar-refractivity contribution is 5.98. The highest BCUT2D eigenvalue weighted by Crippen LogP contribution is 2.31. The first-order chi connectivity index (χ1) is 6.11. The van der Waals surface area contributed by atoms with Gasteiger partial charge in [0.05, 0.1) is 0 Å². The van der Waals surface area contributed by atoms with Crippen molar-refractivity contribution in [3.8, 4) is 5.75 Å².